The molecule has 0 saturated carbocycles. The fraction of sp³-hybridized carbons (Fsp3) is 0.600. The molecule has 118 valence electrons. The summed E-state index contributed by atoms with van der Waals surface area (Å²) in [6, 6.07) is 3.88. The standard InChI is InChI=1S/C15H25N3O2S/c1-10-8-9-14(16)15(13(10)4)21(19,20)17-18-11(2)6-5-7-12(18)3/h8-9,11-12,17H,5-7,16H2,1-4H3. The molecule has 6 heteroatoms. The summed E-state index contributed by atoms with van der Waals surface area (Å²) in [6.45, 7) is 7.78. The van der Waals surface area contributed by atoms with Crippen LogP contribution in [0, 0.1) is 13.8 Å². The summed E-state index contributed by atoms with van der Waals surface area (Å²) >= 11 is 0. The molecule has 0 bridgehead atoms. The quantitative estimate of drug-likeness (QED) is 0.840. The molecule has 21 heavy (non-hydrogen) atoms. The zero-order chi connectivity index (χ0) is 15.8. The maximum Gasteiger partial charge on any atom is 0.255 e. The highest BCUT2D eigenvalue weighted by atomic mass is 32.2. The zero-order valence-electron chi connectivity index (χ0n) is 13.2. The van der Waals surface area contributed by atoms with E-state index in [1.165, 1.54) is 0 Å². The third-order valence-electron chi connectivity index (χ3n) is 4.40. The lowest BCUT2D eigenvalue weighted by Gasteiger charge is -2.38. The number of nitrogens with two attached hydrogens (primary N) is 1. The van der Waals surface area contributed by atoms with Crippen molar-refractivity contribution in [1.29, 1.82) is 0 Å². The average molecular weight is 311 g/mol. The Morgan fingerprint density at radius 1 is 1.19 bits per heavy atom. The van der Waals surface area contributed by atoms with Crippen molar-refractivity contribution in [3.8, 4) is 0 Å². The van der Waals surface area contributed by atoms with E-state index >= 15 is 0 Å². The number of hydrogen-bond acceptors (Lipinski definition) is 4. The van der Waals surface area contributed by atoms with Crippen LogP contribution in [0.25, 0.3) is 0 Å². The molecule has 2 unspecified atom stereocenters. The van der Waals surface area contributed by atoms with E-state index in [2.05, 4.69) is 4.83 Å². The second-order valence-electron chi connectivity index (χ2n) is 6.06. The third kappa shape index (κ3) is 3.22. The van der Waals surface area contributed by atoms with Gasteiger partial charge in [0.2, 0.25) is 0 Å². The van der Waals surface area contributed by atoms with Crippen LogP contribution in [0.2, 0.25) is 0 Å². The minimum Gasteiger partial charge on any atom is -0.398 e. The van der Waals surface area contributed by atoms with Gasteiger partial charge in [-0.05, 0) is 57.7 Å². The smallest absolute Gasteiger partial charge is 0.255 e. The lowest BCUT2D eigenvalue weighted by Crippen LogP contribution is -2.54. The van der Waals surface area contributed by atoms with Crippen LogP contribution < -0.4 is 10.6 Å². The fourth-order valence-corrected chi connectivity index (χ4v) is 4.62. The maximum atomic E-state index is 12.8. The van der Waals surface area contributed by atoms with E-state index in [0.29, 0.717) is 11.3 Å². The van der Waals surface area contributed by atoms with Gasteiger partial charge in [-0.15, -0.1) is 4.83 Å². The lowest BCUT2D eigenvalue weighted by atomic mass is 10.0. The van der Waals surface area contributed by atoms with Gasteiger partial charge in [-0.3, -0.25) is 0 Å². The number of piperidine rings is 1. The highest BCUT2D eigenvalue weighted by molar-refractivity contribution is 7.89. The highest BCUT2D eigenvalue weighted by Gasteiger charge is 2.30. The molecule has 0 amide bonds. The number of nitrogen functional groups attached to an aromatic ring is 1. The number of nitrogens with zero attached hydrogens (tertiary/aromatic N) is 1. The van der Waals surface area contributed by atoms with Gasteiger partial charge in [0.1, 0.15) is 4.90 Å². The molecule has 0 aliphatic carbocycles. The van der Waals surface area contributed by atoms with Gasteiger partial charge in [-0.25, -0.2) is 13.4 Å². The number of anilines is 1. The van der Waals surface area contributed by atoms with E-state index in [4.69, 9.17) is 5.73 Å². The van der Waals surface area contributed by atoms with Crippen molar-refractivity contribution >= 4 is 15.7 Å². The molecule has 5 nitrogen and oxygen atoms in total. The molecule has 1 saturated heterocycles. The van der Waals surface area contributed by atoms with Crippen molar-refractivity contribution in [2.45, 2.75) is 63.9 Å². The number of rotatable bonds is 3. The Labute approximate surface area is 127 Å². The Bertz CT molecular complexity index is 618. The first-order chi connectivity index (χ1) is 9.74. The predicted molar refractivity (Wildman–Crippen MR) is 85.3 cm³/mol. The largest absolute Gasteiger partial charge is 0.398 e. The molecule has 0 radical (unpaired) electrons. The topological polar surface area (TPSA) is 75.4 Å². The van der Waals surface area contributed by atoms with Crippen molar-refractivity contribution in [2.24, 2.45) is 0 Å². The van der Waals surface area contributed by atoms with Gasteiger partial charge >= 0.3 is 0 Å². The Kier molecular flexibility index (Phi) is 4.60. The SMILES string of the molecule is Cc1ccc(N)c(S(=O)(=O)NN2C(C)CCCC2C)c1C. The maximum absolute atomic E-state index is 12.8. The van der Waals surface area contributed by atoms with Gasteiger partial charge in [0.15, 0.2) is 0 Å². The van der Waals surface area contributed by atoms with Gasteiger partial charge in [-0.1, -0.05) is 12.5 Å². The second-order valence-corrected chi connectivity index (χ2v) is 7.65. The molecule has 1 aromatic rings. The Morgan fingerprint density at radius 2 is 1.76 bits per heavy atom. The first-order valence-electron chi connectivity index (χ1n) is 7.40. The summed E-state index contributed by atoms with van der Waals surface area (Å²) in [5.41, 5.74) is 7.84. The van der Waals surface area contributed by atoms with Crippen LogP contribution in [0.4, 0.5) is 5.69 Å². The molecule has 2 rings (SSSR count). The predicted octanol–water partition coefficient (Wildman–Crippen LogP) is 2.34. The number of aryl methyl sites for hydroxylation is 1. The number of benzene rings is 1. The van der Waals surface area contributed by atoms with Crippen molar-refractivity contribution in [3.63, 3.8) is 0 Å². The van der Waals surface area contributed by atoms with Gasteiger partial charge in [0, 0.05) is 12.1 Å². The summed E-state index contributed by atoms with van der Waals surface area (Å²) < 4.78 is 25.5. The van der Waals surface area contributed by atoms with Crippen LogP contribution in [0.15, 0.2) is 17.0 Å². The molecule has 1 aliphatic rings. The number of sulfonamides is 1. The van der Waals surface area contributed by atoms with Gasteiger partial charge < -0.3 is 5.73 Å². The molecular weight excluding hydrogens is 286 g/mol. The normalized spacial score (nSPS) is 24.2. The van der Waals surface area contributed by atoms with Crippen molar-refractivity contribution < 1.29 is 8.42 Å². The number of hydrazine groups is 1. The average Bonchev–Trinajstić information content (AvgIpc) is 2.39. The number of nitrogens with one attached hydrogen (secondary N) is 1. The molecule has 2 atom stereocenters. The third-order valence-corrected chi connectivity index (χ3v) is 5.93. The minimum atomic E-state index is -3.66. The summed E-state index contributed by atoms with van der Waals surface area (Å²) in [4.78, 5) is 2.95. The summed E-state index contributed by atoms with van der Waals surface area (Å²) in [7, 11) is -3.66. The molecule has 3 N–H and O–H groups in total. The summed E-state index contributed by atoms with van der Waals surface area (Å²) in [5, 5.41) is 1.85. The monoisotopic (exact) mass is 311 g/mol. The van der Waals surface area contributed by atoms with Gasteiger partial charge in [0.05, 0.1) is 5.69 Å². The summed E-state index contributed by atoms with van der Waals surface area (Å²) in [6.07, 6.45) is 3.12. The van der Waals surface area contributed by atoms with Gasteiger partial charge in [-0.2, -0.15) is 0 Å². The van der Waals surface area contributed by atoms with Crippen molar-refractivity contribution in [1.82, 2.24) is 9.84 Å². The van der Waals surface area contributed by atoms with E-state index < -0.39 is 10.0 Å². The summed E-state index contributed by atoms with van der Waals surface area (Å²) in [5.74, 6) is 0. The van der Waals surface area contributed by atoms with E-state index in [0.717, 1.165) is 24.8 Å². The van der Waals surface area contributed by atoms with Crippen LogP contribution in [-0.2, 0) is 10.0 Å². The first kappa shape index (κ1) is 16.3. The second kappa shape index (κ2) is 5.94. The van der Waals surface area contributed by atoms with E-state index in [9.17, 15) is 8.42 Å². The molecule has 1 aliphatic heterocycles. The van der Waals surface area contributed by atoms with Crippen LogP contribution in [0.1, 0.15) is 44.2 Å². The minimum absolute atomic E-state index is 0.190. The molecule has 1 heterocycles. The van der Waals surface area contributed by atoms with Crippen molar-refractivity contribution in [3.05, 3.63) is 23.3 Å². The van der Waals surface area contributed by atoms with Crippen LogP contribution in [0.3, 0.4) is 0 Å². The fourth-order valence-electron chi connectivity index (χ4n) is 2.95. The number of hydrogen-bond donors (Lipinski definition) is 2. The Morgan fingerprint density at radius 3 is 2.33 bits per heavy atom. The van der Waals surface area contributed by atoms with E-state index in [1.807, 2.05) is 31.8 Å². The van der Waals surface area contributed by atoms with Crippen LogP contribution in [0.5, 0.6) is 0 Å². The first-order valence-corrected chi connectivity index (χ1v) is 8.89. The molecule has 0 spiro atoms. The highest BCUT2D eigenvalue weighted by Crippen LogP contribution is 2.27. The lowest BCUT2D eigenvalue weighted by molar-refractivity contribution is 0.0790. The molecule has 1 fully saturated rings. The Hall–Kier alpha value is -1.11. The molecule has 1 aromatic carbocycles. The van der Waals surface area contributed by atoms with Gasteiger partial charge in [0.25, 0.3) is 10.0 Å². The van der Waals surface area contributed by atoms with E-state index in [1.54, 1.807) is 13.0 Å². The Balaban J connectivity index is 2.37. The van der Waals surface area contributed by atoms with Crippen molar-refractivity contribution in [2.75, 3.05) is 5.73 Å². The van der Waals surface area contributed by atoms with Crippen LogP contribution in [-0.4, -0.2) is 25.5 Å². The van der Waals surface area contributed by atoms with E-state index in [-0.39, 0.29) is 17.0 Å². The zero-order valence-corrected chi connectivity index (χ0v) is 14.0. The van der Waals surface area contributed by atoms with Crippen LogP contribution >= 0.6 is 0 Å². The molecule has 0 aromatic heterocycles. The molecular formula is C15H25N3O2S.